The molecule has 1 aromatic rings. The lowest BCUT2D eigenvalue weighted by Gasteiger charge is -2.33. The Morgan fingerprint density at radius 3 is 2.61 bits per heavy atom. The molecule has 0 saturated carbocycles. The first-order valence-electron chi connectivity index (χ1n) is 5.69. The molecule has 1 aliphatic heterocycles. The predicted molar refractivity (Wildman–Crippen MR) is 70.4 cm³/mol. The van der Waals surface area contributed by atoms with Crippen molar-refractivity contribution < 1.29 is 9.18 Å². The first-order chi connectivity index (χ1) is 8.61. The van der Waals surface area contributed by atoms with Crippen molar-refractivity contribution >= 4 is 24.4 Å². The van der Waals surface area contributed by atoms with E-state index in [4.69, 9.17) is 0 Å². The molecule has 98 valence electrons. The SMILES string of the molecule is CNC(=O)c1ccc(N2CCN(S)CC2)c(F)n1. The molecule has 1 saturated heterocycles. The zero-order valence-electron chi connectivity index (χ0n) is 10.1. The Hall–Kier alpha value is -1.34. The number of pyridine rings is 1. The number of hydrogen-bond acceptors (Lipinski definition) is 5. The summed E-state index contributed by atoms with van der Waals surface area (Å²) in [6.45, 7) is 2.92. The van der Waals surface area contributed by atoms with Crippen LogP contribution >= 0.6 is 12.8 Å². The van der Waals surface area contributed by atoms with Gasteiger partial charge in [-0.05, 0) is 12.1 Å². The van der Waals surface area contributed by atoms with Crippen LogP contribution in [0.3, 0.4) is 0 Å². The van der Waals surface area contributed by atoms with Crippen molar-refractivity contribution in [3.8, 4) is 0 Å². The van der Waals surface area contributed by atoms with E-state index >= 15 is 0 Å². The van der Waals surface area contributed by atoms with Crippen LogP contribution in [0.2, 0.25) is 0 Å². The van der Waals surface area contributed by atoms with Crippen LogP contribution < -0.4 is 10.2 Å². The second-order valence-electron chi connectivity index (χ2n) is 4.03. The molecule has 0 aromatic carbocycles. The van der Waals surface area contributed by atoms with Gasteiger partial charge >= 0.3 is 0 Å². The van der Waals surface area contributed by atoms with Crippen LogP contribution in [0.15, 0.2) is 12.1 Å². The molecule has 0 aliphatic carbocycles. The van der Waals surface area contributed by atoms with Gasteiger partial charge in [-0.3, -0.25) is 4.79 Å². The molecule has 2 heterocycles. The number of hydrogen-bond donors (Lipinski definition) is 2. The summed E-state index contributed by atoms with van der Waals surface area (Å²) in [5.41, 5.74) is 0.524. The molecule has 1 aliphatic rings. The number of thiol groups is 1. The summed E-state index contributed by atoms with van der Waals surface area (Å²) < 4.78 is 15.8. The average molecular weight is 270 g/mol. The molecule has 7 heteroatoms. The molecule has 1 aromatic heterocycles. The summed E-state index contributed by atoms with van der Waals surface area (Å²) in [4.78, 5) is 16.9. The van der Waals surface area contributed by atoms with Gasteiger partial charge < -0.3 is 10.2 Å². The van der Waals surface area contributed by atoms with Crippen LogP contribution in [0.25, 0.3) is 0 Å². The smallest absolute Gasteiger partial charge is 0.269 e. The van der Waals surface area contributed by atoms with Crippen LogP contribution in [-0.4, -0.2) is 48.4 Å². The van der Waals surface area contributed by atoms with E-state index in [9.17, 15) is 9.18 Å². The van der Waals surface area contributed by atoms with E-state index in [1.807, 2.05) is 9.21 Å². The number of amides is 1. The summed E-state index contributed by atoms with van der Waals surface area (Å²) in [7, 11) is 1.49. The van der Waals surface area contributed by atoms with Gasteiger partial charge in [0.25, 0.3) is 5.91 Å². The number of aromatic nitrogens is 1. The Morgan fingerprint density at radius 2 is 2.06 bits per heavy atom. The van der Waals surface area contributed by atoms with E-state index in [1.165, 1.54) is 13.1 Å². The minimum atomic E-state index is -0.608. The Morgan fingerprint density at radius 1 is 1.39 bits per heavy atom. The highest BCUT2D eigenvalue weighted by Crippen LogP contribution is 2.20. The third-order valence-corrected chi connectivity index (χ3v) is 3.29. The summed E-state index contributed by atoms with van der Waals surface area (Å²) >= 11 is 4.24. The van der Waals surface area contributed by atoms with Crippen molar-refractivity contribution in [3.63, 3.8) is 0 Å². The normalized spacial score (nSPS) is 16.7. The summed E-state index contributed by atoms with van der Waals surface area (Å²) in [5.74, 6) is -0.996. The van der Waals surface area contributed by atoms with Crippen LogP contribution in [0.1, 0.15) is 10.5 Å². The van der Waals surface area contributed by atoms with Crippen molar-refractivity contribution in [1.82, 2.24) is 14.6 Å². The fraction of sp³-hybridized carbons (Fsp3) is 0.455. The fourth-order valence-electron chi connectivity index (χ4n) is 1.85. The Bertz CT molecular complexity index is 449. The molecule has 0 unspecified atom stereocenters. The van der Waals surface area contributed by atoms with E-state index in [2.05, 4.69) is 23.1 Å². The van der Waals surface area contributed by atoms with Gasteiger partial charge in [0.05, 0.1) is 5.69 Å². The van der Waals surface area contributed by atoms with Gasteiger partial charge in [0.1, 0.15) is 5.69 Å². The van der Waals surface area contributed by atoms with Crippen molar-refractivity contribution in [3.05, 3.63) is 23.8 Å². The molecule has 0 radical (unpaired) electrons. The van der Waals surface area contributed by atoms with Gasteiger partial charge in [-0.15, -0.1) is 0 Å². The van der Waals surface area contributed by atoms with Crippen LogP contribution in [0.4, 0.5) is 10.1 Å². The molecule has 0 atom stereocenters. The van der Waals surface area contributed by atoms with Gasteiger partial charge in [0.2, 0.25) is 5.95 Å². The standard InChI is InChI=1S/C11H15FN4OS/c1-13-11(17)8-2-3-9(10(12)14-8)15-4-6-16(18)7-5-15/h2-3,18H,4-7H2,1H3,(H,13,17). The molecule has 2 rings (SSSR count). The summed E-state index contributed by atoms with van der Waals surface area (Å²) in [6.07, 6.45) is 0. The van der Waals surface area contributed by atoms with E-state index in [0.29, 0.717) is 18.8 Å². The number of rotatable bonds is 2. The van der Waals surface area contributed by atoms with Crippen LogP contribution in [0.5, 0.6) is 0 Å². The second-order valence-corrected chi connectivity index (χ2v) is 4.59. The number of nitrogens with zero attached hydrogens (tertiary/aromatic N) is 3. The lowest BCUT2D eigenvalue weighted by Crippen LogP contribution is -2.43. The third-order valence-electron chi connectivity index (χ3n) is 2.89. The lowest BCUT2D eigenvalue weighted by atomic mass is 10.2. The highest BCUT2D eigenvalue weighted by atomic mass is 32.1. The number of halogens is 1. The molecular weight excluding hydrogens is 255 g/mol. The van der Waals surface area contributed by atoms with E-state index < -0.39 is 5.95 Å². The van der Waals surface area contributed by atoms with Crippen LogP contribution in [-0.2, 0) is 0 Å². The predicted octanol–water partition coefficient (Wildman–Crippen LogP) is 0.547. The number of anilines is 1. The fourth-order valence-corrected chi connectivity index (χ4v) is 2.03. The first kappa shape index (κ1) is 13.1. The highest BCUT2D eigenvalue weighted by Gasteiger charge is 2.19. The summed E-state index contributed by atoms with van der Waals surface area (Å²) in [6, 6.07) is 3.13. The number of carbonyl (C=O) groups excluding carboxylic acids is 1. The van der Waals surface area contributed by atoms with E-state index in [0.717, 1.165) is 13.1 Å². The molecule has 5 nitrogen and oxygen atoms in total. The van der Waals surface area contributed by atoms with Crippen molar-refractivity contribution in [2.45, 2.75) is 0 Å². The first-order valence-corrected chi connectivity index (χ1v) is 6.09. The van der Waals surface area contributed by atoms with Gasteiger partial charge in [0, 0.05) is 33.2 Å². The van der Waals surface area contributed by atoms with Crippen molar-refractivity contribution in [2.75, 3.05) is 38.1 Å². The van der Waals surface area contributed by atoms with Crippen LogP contribution in [0, 0.1) is 5.95 Å². The summed E-state index contributed by atoms with van der Waals surface area (Å²) in [5, 5.41) is 2.41. The molecule has 0 spiro atoms. The van der Waals surface area contributed by atoms with E-state index in [1.54, 1.807) is 6.07 Å². The molecule has 18 heavy (non-hydrogen) atoms. The quantitative estimate of drug-likeness (QED) is 0.608. The topological polar surface area (TPSA) is 48.5 Å². The maximum atomic E-state index is 13.9. The maximum Gasteiger partial charge on any atom is 0.269 e. The number of carbonyl (C=O) groups is 1. The minimum Gasteiger partial charge on any atom is -0.365 e. The highest BCUT2D eigenvalue weighted by molar-refractivity contribution is 7.77. The van der Waals surface area contributed by atoms with E-state index in [-0.39, 0.29) is 11.6 Å². The Kier molecular flexibility index (Phi) is 4.03. The van der Waals surface area contributed by atoms with Gasteiger partial charge in [-0.2, -0.15) is 4.39 Å². The monoisotopic (exact) mass is 270 g/mol. The minimum absolute atomic E-state index is 0.0894. The lowest BCUT2D eigenvalue weighted by molar-refractivity contribution is 0.0957. The Balaban J connectivity index is 2.17. The van der Waals surface area contributed by atoms with Gasteiger partial charge in [0.15, 0.2) is 0 Å². The zero-order chi connectivity index (χ0) is 13.1. The molecular formula is C11H15FN4OS. The van der Waals surface area contributed by atoms with Crippen molar-refractivity contribution in [2.24, 2.45) is 0 Å². The largest absolute Gasteiger partial charge is 0.365 e. The maximum absolute atomic E-state index is 13.9. The number of piperazine rings is 1. The average Bonchev–Trinajstić information content (AvgIpc) is 2.39. The zero-order valence-corrected chi connectivity index (χ0v) is 11.0. The molecule has 1 amide bonds. The molecule has 1 fully saturated rings. The number of nitrogens with one attached hydrogen (secondary N) is 1. The Labute approximate surface area is 111 Å². The van der Waals surface area contributed by atoms with Gasteiger partial charge in [-0.25, -0.2) is 9.29 Å². The third kappa shape index (κ3) is 2.73. The van der Waals surface area contributed by atoms with Gasteiger partial charge in [-0.1, -0.05) is 12.8 Å². The van der Waals surface area contributed by atoms with Crippen molar-refractivity contribution in [1.29, 1.82) is 0 Å². The molecule has 1 N–H and O–H groups in total. The second kappa shape index (κ2) is 5.53. The molecule has 0 bridgehead atoms.